The van der Waals surface area contributed by atoms with Gasteiger partial charge in [-0.15, -0.1) is 0 Å². The molecule has 1 aromatic carbocycles. The molecule has 2 heterocycles. The summed E-state index contributed by atoms with van der Waals surface area (Å²) in [5, 5.41) is 0.269. The molecular formula is C17H15F2N3OS. The van der Waals surface area contributed by atoms with Gasteiger partial charge in [-0.2, -0.15) is 0 Å². The predicted octanol–water partition coefficient (Wildman–Crippen LogP) is 4.08. The van der Waals surface area contributed by atoms with E-state index in [-0.39, 0.29) is 22.3 Å². The molecule has 0 atom stereocenters. The molecule has 0 spiro atoms. The minimum absolute atomic E-state index is 0.0197. The summed E-state index contributed by atoms with van der Waals surface area (Å²) in [5.74, 6) is -1.37. The van der Waals surface area contributed by atoms with Crippen LogP contribution in [0.25, 0.3) is 21.7 Å². The van der Waals surface area contributed by atoms with E-state index < -0.39 is 11.6 Å². The van der Waals surface area contributed by atoms with Gasteiger partial charge in [-0.05, 0) is 32.0 Å². The number of anilines is 1. The van der Waals surface area contributed by atoms with E-state index in [0.29, 0.717) is 16.1 Å². The standard InChI is InChI=1S/C17H15F2N3OS/c1-9(2)22-8-10(3-6-14(22)23)16-15(21-17(20)24-16)12-5-4-11(18)7-13(12)19/h3-9H,1-2H3,(H2,20,21). The maximum Gasteiger partial charge on any atom is 0.250 e. The summed E-state index contributed by atoms with van der Waals surface area (Å²) >= 11 is 1.19. The van der Waals surface area contributed by atoms with Crippen LogP contribution >= 0.6 is 11.3 Å². The van der Waals surface area contributed by atoms with Crippen molar-refractivity contribution >= 4 is 16.5 Å². The van der Waals surface area contributed by atoms with Gasteiger partial charge < -0.3 is 10.3 Å². The topological polar surface area (TPSA) is 60.9 Å². The minimum Gasteiger partial charge on any atom is -0.375 e. The number of halogens is 2. The maximum atomic E-state index is 14.1. The zero-order chi connectivity index (χ0) is 17.4. The Hall–Kier alpha value is -2.54. The number of pyridine rings is 1. The Bertz CT molecular complexity index is 963. The highest BCUT2D eigenvalue weighted by atomic mass is 32.1. The van der Waals surface area contributed by atoms with Gasteiger partial charge >= 0.3 is 0 Å². The van der Waals surface area contributed by atoms with Crippen LogP contribution in [0.4, 0.5) is 13.9 Å². The van der Waals surface area contributed by atoms with Crippen molar-refractivity contribution < 1.29 is 8.78 Å². The van der Waals surface area contributed by atoms with Crippen molar-refractivity contribution in [3.63, 3.8) is 0 Å². The van der Waals surface area contributed by atoms with Crippen LogP contribution in [0.1, 0.15) is 19.9 Å². The van der Waals surface area contributed by atoms with Crippen LogP contribution in [0, 0.1) is 11.6 Å². The Balaban J connectivity index is 2.20. The van der Waals surface area contributed by atoms with Crippen molar-refractivity contribution in [1.29, 1.82) is 0 Å². The maximum absolute atomic E-state index is 14.1. The van der Waals surface area contributed by atoms with Crippen molar-refractivity contribution in [2.75, 3.05) is 5.73 Å². The molecular weight excluding hydrogens is 332 g/mol. The quantitative estimate of drug-likeness (QED) is 0.776. The fraction of sp³-hybridized carbons (Fsp3) is 0.176. The van der Waals surface area contributed by atoms with Gasteiger partial charge in [0.05, 0.1) is 10.6 Å². The number of nitrogens with zero attached hydrogens (tertiary/aromatic N) is 2. The Morgan fingerprint density at radius 3 is 2.62 bits per heavy atom. The molecule has 4 nitrogen and oxygen atoms in total. The molecule has 0 radical (unpaired) electrons. The van der Waals surface area contributed by atoms with Gasteiger partial charge in [-0.25, -0.2) is 13.8 Å². The molecule has 0 amide bonds. The third-order valence-electron chi connectivity index (χ3n) is 3.59. The van der Waals surface area contributed by atoms with Crippen LogP contribution in [0.2, 0.25) is 0 Å². The first-order chi connectivity index (χ1) is 11.4. The zero-order valence-corrected chi connectivity index (χ0v) is 13.9. The molecule has 0 unspecified atom stereocenters. The molecule has 3 rings (SSSR count). The normalized spacial score (nSPS) is 11.2. The van der Waals surface area contributed by atoms with Gasteiger partial charge in [0.25, 0.3) is 5.56 Å². The van der Waals surface area contributed by atoms with Crippen molar-refractivity contribution in [3.8, 4) is 21.7 Å². The molecule has 0 saturated heterocycles. The van der Waals surface area contributed by atoms with Gasteiger partial charge in [0.2, 0.25) is 0 Å². The van der Waals surface area contributed by atoms with Crippen LogP contribution < -0.4 is 11.3 Å². The number of hydrogen-bond donors (Lipinski definition) is 1. The predicted molar refractivity (Wildman–Crippen MR) is 92.0 cm³/mol. The monoisotopic (exact) mass is 347 g/mol. The Morgan fingerprint density at radius 2 is 1.96 bits per heavy atom. The number of nitrogens with two attached hydrogens (primary N) is 1. The highest BCUT2D eigenvalue weighted by Crippen LogP contribution is 2.38. The average molecular weight is 347 g/mol. The molecule has 0 fully saturated rings. The van der Waals surface area contributed by atoms with Crippen LogP contribution in [-0.2, 0) is 0 Å². The number of aromatic nitrogens is 2. The van der Waals surface area contributed by atoms with Gasteiger partial charge in [0.15, 0.2) is 5.13 Å². The fourth-order valence-electron chi connectivity index (χ4n) is 2.44. The molecule has 124 valence electrons. The number of benzene rings is 1. The average Bonchev–Trinajstić information content (AvgIpc) is 2.89. The third kappa shape index (κ3) is 2.94. The van der Waals surface area contributed by atoms with E-state index in [1.54, 1.807) is 16.8 Å². The van der Waals surface area contributed by atoms with E-state index >= 15 is 0 Å². The number of rotatable bonds is 3. The summed E-state index contributed by atoms with van der Waals surface area (Å²) in [7, 11) is 0. The second-order valence-electron chi connectivity index (χ2n) is 5.61. The van der Waals surface area contributed by atoms with E-state index in [1.165, 1.54) is 29.5 Å². The second-order valence-corrected chi connectivity index (χ2v) is 6.64. The van der Waals surface area contributed by atoms with Gasteiger partial charge in [0.1, 0.15) is 11.6 Å². The molecule has 0 aliphatic heterocycles. The van der Waals surface area contributed by atoms with E-state index in [0.717, 1.165) is 6.07 Å². The van der Waals surface area contributed by atoms with Crippen molar-refractivity contribution in [1.82, 2.24) is 9.55 Å². The van der Waals surface area contributed by atoms with Crippen LogP contribution in [0.15, 0.2) is 41.3 Å². The van der Waals surface area contributed by atoms with Crippen molar-refractivity contribution in [2.24, 2.45) is 0 Å². The number of nitrogen functional groups attached to an aromatic ring is 1. The van der Waals surface area contributed by atoms with Gasteiger partial charge in [0, 0.05) is 35.5 Å². The van der Waals surface area contributed by atoms with Crippen molar-refractivity contribution in [2.45, 2.75) is 19.9 Å². The minimum atomic E-state index is -0.710. The summed E-state index contributed by atoms with van der Waals surface area (Å²) in [6, 6.07) is 6.40. The highest BCUT2D eigenvalue weighted by molar-refractivity contribution is 7.19. The fourth-order valence-corrected chi connectivity index (χ4v) is 3.27. The lowest BCUT2D eigenvalue weighted by molar-refractivity contribution is 0.579. The molecule has 2 N–H and O–H groups in total. The van der Waals surface area contributed by atoms with Gasteiger partial charge in [-0.1, -0.05) is 11.3 Å². The lowest BCUT2D eigenvalue weighted by Gasteiger charge is -2.11. The Kier molecular flexibility index (Phi) is 4.19. The highest BCUT2D eigenvalue weighted by Gasteiger charge is 2.18. The molecule has 0 aliphatic carbocycles. The number of thiazole rings is 1. The molecule has 2 aromatic heterocycles. The first-order valence-electron chi connectivity index (χ1n) is 7.31. The van der Waals surface area contributed by atoms with Gasteiger partial charge in [-0.3, -0.25) is 4.79 Å². The molecule has 0 saturated carbocycles. The Morgan fingerprint density at radius 1 is 1.21 bits per heavy atom. The SMILES string of the molecule is CC(C)n1cc(-c2sc(N)nc2-c2ccc(F)cc2F)ccc1=O. The third-order valence-corrected chi connectivity index (χ3v) is 4.52. The van der Waals surface area contributed by atoms with E-state index in [4.69, 9.17) is 5.73 Å². The molecule has 24 heavy (non-hydrogen) atoms. The molecule has 3 aromatic rings. The summed E-state index contributed by atoms with van der Waals surface area (Å²) in [6.45, 7) is 3.79. The van der Waals surface area contributed by atoms with Crippen LogP contribution in [0.5, 0.6) is 0 Å². The summed E-state index contributed by atoms with van der Waals surface area (Å²) in [5.41, 5.74) is 6.89. The summed E-state index contributed by atoms with van der Waals surface area (Å²) in [4.78, 5) is 16.7. The number of hydrogen-bond acceptors (Lipinski definition) is 4. The van der Waals surface area contributed by atoms with E-state index in [1.807, 2.05) is 13.8 Å². The van der Waals surface area contributed by atoms with E-state index in [9.17, 15) is 13.6 Å². The molecule has 0 aliphatic rings. The van der Waals surface area contributed by atoms with Crippen LogP contribution in [0.3, 0.4) is 0 Å². The van der Waals surface area contributed by atoms with E-state index in [2.05, 4.69) is 4.98 Å². The Labute approximate surface area is 141 Å². The lowest BCUT2D eigenvalue weighted by Crippen LogP contribution is -2.20. The molecule has 7 heteroatoms. The first-order valence-corrected chi connectivity index (χ1v) is 8.12. The summed E-state index contributed by atoms with van der Waals surface area (Å²) in [6.07, 6.45) is 1.70. The smallest absolute Gasteiger partial charge is 0.250 e. The first kappa shape index (κ1) is 16.3. The second kappa shape index (κ2) is 6.16. The largest absolute Gasteiger partial charge is 0.375 e. The van der Waals surface area contributed by atoms with Crippen molar-refractivity contribution in [3.05, 3.63) is 58.5 Å². The summed E-state index contributed by atoms with van der Waals surface area (Å²) < 4.78 is 28.9. The molecule has 0 bridgehead atoms. The lowest BCUT2D eigenvalue weighted by atomic mass is 10.1. The zero-order valence-electron chi connectivity index (χ0n) is 13.1. The van der Waals surface area contributed by atoms with Crippen LogP contribution in [-0.4, -0.2) is 9.55 Å².